The summed E-state index contributed by atoms with van der Waals surface area (Å²) in [5, 5.41) is 14.5. The van der Waals surface area contributed by atoms with E-state index in [2.05, 4.69) is 29.4 Å². The van der Waals surface area contributed by atoms with Crippen molar-refractivity contribution in [3.63, 3.8) is 0 Å². The Morgan fingerprint density at radius 1 is 1.07 bits per heavy atom. The van der Waals surface area contributed by atoms with Crippen LogP contribution >= 0.6 is 0 Å². The number of aliphatic imine (C=N–C) groups is 1. The first-order valence-corrected chi connectivity index (χ1v) is 10.1. The first kappa shape index (κ1) is 19.7. The first-order valence-electron chi connectivity index (χ1n) is 10.1. The highest BCUT2D eigenvalue weighted by molar-refractivity contribution is 6.02. The van der Waals surface area contributed by atoms with Gasteiger partial charge < -0.3 is 19.5 Å². The third kappa shape index (κ3) is 3.95. The highest BCUT2D eigenvalue weighted by Gasteiger charge is 2.40. The topological polar surface area (TPSA) is 66.3 Å². The van der Waals surface area contributed by atoms with Crippen LogP contribution in [0.15, 0.2) is 47.5 Å². The van der Waals surface area contributed by atoms with Gasteiger partial charge >= 0.3 is 0 Å². The Hall–Kier alpha value is -2.57. The third-order valence-electron chi connectivity index (χ3n) is 6.05. The number of phenols is 1. The van der Waals surface area contributed by atoms with Gasteiger partial charge in [-0.25, -0.2) is 0 Å². The van der Waals surface area contributed by atoms with Gasteiger partial charge in [0.2, 0.25) is 0 Å². The SMILES string of the molecule is COc1ccc(C2=NC3(CCN(C)CC3)NC(c3cccc(OC)c3O)C2)cc1. The number of nitrogens with one attached hydrogen (secondary N) is 1. The number of hydrogen-bond acceptors (Lipinski definition) is 6. The number of ether oxygens (including phenoxy) is 2. The molecule has 29 heavy (non-hydrogen) atoms. The Kier molecular flexibility index (Phi) is 5.48. The summed E-state index contributed by atoms with van der Waals surface area (Å²) >= 11 is 0. The lowest BCUT2D eigenvalue weighted by atomic mass is 9.87. The van der Waals surface area contributed by atoms with E-state index in [1.807, 2.05) is 24.3 Å². The normalized spacial score (nSPS) is 21.6. The molecule has 2 aliphatic rings. The summed E-state index contributed by atoms with van der Waals surface area (Å²) in [7, 11) is 5.40. The number of para-hydroxylation sites is 1. The molecule has 154 valence electrons. The number of aromatic hydroxyl groups is 1. The van der Waals surface area contributed by atoms with Crippen molar-refractivity contribution >= 4 is 5.71 Å². The minimum atomic E-state index is -0.319. The number of methoxy groups -OCH3 is 2. The quantitative estimate of drug-likeness (QED) is 0.831. The number of rotatable bonds is 4. The molecule has 2 aromatic rings. The predicted molar refractivity (Wildman–Crippen MR) is 114 cm³/mol. The molecule has 0 bridgehead atoms. The molecule has 2 aliphatic heterocycles. The lowest BCUT2D eigenvalue weighted by Gasteiger charge is -2.44. The van der Waals surface area contributed by atoms with Gasteiger partial charge in [0.25, 0.3) is 0 Å². The average molecular weight is 396 g/mol. The van der Waals surface area contributed by atoms with Crippen LogP contribution in [0.3, 0.4) is 0 Å². The molecule has 1 atom stereocenters. The summed E-state index contributed by atoms with van der Waals surface area (Å²) in [4.78, 5) is 7.54. The predicted octanol–water partition coefficient (Wildman–Crippen LogP) is 3.36. The minimum Gasteiger partial charge on any atom is -0.504 e. The standard InChI is InChI=1S/C23H29N3O3/c1-26-13-11-23(12-14-26)24-19(16-7-9-17(28-2)10-8-16)15-20(25-23)18-5-4-6-21(29-3)22(18)27/h4-10,20,25,27H,11-15H2,1-3H3. The van der Waals surface area contributed by atoms with Crippen molar-refractivity contribution in [2.24, 2.45) is 4.99 Å². The summed E-state index contributed by atoms with van der Waals surface area (Å²) in [5.74, 6) is 1.53. The van der Waals surface area contributed by atoms with Crippen LogP contribution in [0.1, 0.15) is 36.4 Å². The van der Waals surface area contributed by atoms with Gasteiger partial charge in [-0.3, -0.25) is 10.3 Å². The van der Waals surface area contributed by atoms with Crippen LogP contribution < -0.4 is 14.8 Å². The van der Waals surface area contributed by atoms with E-state index in [1.54, 1.807) is 20.3 Å². The van der Waals surface area contributed by atoms with Crippen molar-refractivity contribution in [1.82, 2.24) is 10.2 Å². The number of likely N-dealkylation sites (tertiary alicyclic amines) is 1. The summed E-state index contributed by atoms with van der Waals surface area (Å²) in [6.07, 6.45) is 2.57. The molecule has 0 aliphatic carbocycles. The summed E-state index contributed by atoms with van der Waals surface area (Å²) < 4.78 is 10.6. The molecule has 1 saturated heterocycles. The Morgan fingerprint density at radius 3 is 2.45 bits per heavy atom. The van der Waals surface area contributed by atoms with Crippen LogP contribution in [0.5, 0.6) is 17.2 Å². The van der Waals surface area contributed by atoms with Crippen LogP contribution in [-0.2, 0) is 0 Å². The molecule has 6 nitrogen and oxygen atoms in total. The van der Waals surface area contributed by atoms with Crippen molar-refractivity contribution in [2.45, 2.75) is 31.0 Å². The summed E-state index contributed by atoms with van der Waals surface area (Å²) in [5.41, 5.74) is 2.69. The molecule has 0 radical (unpaired) electrons. The zero-order valence-electron chi connectivity index (χ0n) is 17.3. The molecule has 0 amide bonds. The van der Waals surface area contributed by atoms with E-state index in [0.29, 0.717) is 12.2 Å². The van der Waals surface area contributed by atoms with Crippen molar-refractivity contribution in [3.05, 3.63) is 53.6 Å². The number of nitrogens with zero attached hydrogens (tertiary/aromatic N) is 2. The second-order valence-electron chi connectivity index (χ2n) is 7.92. The van der Waals surface area contributed by atoms with E-state index in [1.165, 1.54) is 0 Å². The Bertz CT molecular complexity index is 887. The molecule has 2 heterocycles. The molecular weight excluding hydrogens is 366 g/mol. The maximum absolute atomic E-state index is 10.8. The Morgan fingerprint density at radius 2 is 1.79 bits per heavy atom. The van der Waals surface area contributed by atoms with E-state index in [9.17, 15) is 5.11 Å². The number of phenolic OH excluding ortho intramolecular Hbond substituents is 1. The molecule has 0 aromatic heterocycles. The van der Waals surface area contributed by atoms with Gasteiger partial charge in [-0.2, -0.15) is 0 Å². The maximum Gasteiger partial charge on any atom is 0.162 e. The largest absolute Gasteiger partial charge is 0.504 e. The highest BCUT2D eigenvalue weighted by Crippen LogP contribution is 2.40. The minimum absolute atomic E-state index is 0.0388. The Labute approximate surface area is 172 Å². The molecular formula is C23H29N3O3. The lowest BCUT2D eigenvalue weighted by molar-refractivity contribution is 0.144. The average Bonchev–Trinajstić information content (AvgIpc) is 2.76. The summed E-state index contributed by atoms with van der Waals surface area (Å²) in [6, 6.07) is 13.7. The van der Waals surface area contributed by atoms with E-state index < -0.39 is 0 Å². The van der Waals surface area contributed by atoms with Crippen LogP contribution in [0.2, 0.25) is 0 Å². The summed E-state index contributed by atoms with van der Waals surface area (Å²) in [6.45, 7) is 1.98. The van der Waals surface area contributed by atoms with Crippen LogP contribution in [-0.4, -0.2) is 55.7 Å². The van der Waals surface area contributed by atoms with E-state index in [4.69, 9.17) is 14.5 Å². The van der Waals surface area contributed by atoms with Gasteiger partial charge in [-0.1, -0.05) is 12.1 Å². The first-order chi connectivity index (χ1) is 14.0. The fourth-order valence-corrected chi connectivity index (χ4v) is 4.29. The lowest BCUT2D eigenvalue weighted by Crippen LogP contribution is -2.55. The molecule has 1 spiro atoms. The van der Waals surface area contributed by atoms with E-state index in [-0.39, 0.29) is 17.5 Å². The fourth-order valence-electron chi connectivity index (χ4n) is 4.29. The van der Waals surface area contributed by atoms with Crippen molar-refractivity contribution < 1.29 is 14.6 Å². The van der Waals surface area contributed by atoms with Crippen molar-refractivity contribution in [2.75, 3.05) is 34.4 Å². The second kappa shape index (κ2) is 8.05. The van der Waals surface area contributed by atoms with Crippen molar-refractivity contribution in [3.8, 4) is 17.2 Å². The van der Waals surface area contributed by atoms with Crippen LogP contribution in [0.25, 0.3) is 0 Å². The fraction of sp³-hybridized carbons (Fsp3) is 0.435. The molecule has 6 heteroatoms. The molecule has 2 N–H and O–H groups in total. The highest BCUT2D eigenvalue weighted by atomic mass is 16.5. The number of hydrogen-bond donors (Lipinski definition) is 2. The number of piperidine rings is 1. The molecule has 2 aromatic carbocycles. The smallest absolute Gasteiger partial charge is 0.162 e. The van der Waals surface area contributed by atoms with Crippen molar-refractivity contribution in [1.29, 1.82) is 0 Å². The van der Waals surface area contributed by atoms with E-state index >= 15 is 0 Å². The Balaban J connectivity index is 1.73. The van der Waals surface area contributed by atoms with Gasteiger partial charge in [-0.05, 0) is 55.8 Å². The molecule has 4 rings (SSSR count). The third-order valence-corrected chi connectivity index (χ3v) is 6.05. The van der Waals surface area contributed by atoms with Gasteiger partial charge in [-0.15, -0.1) is 0 Å². The van der Waals surface area contributed by atoms with E-state index in [0.717, 1.165) is 48.5 Å². The van der Waals surface area contributed by atoms with Gasteiger partial charge in [0, 0.05) is 36.8 Å². The van der Waals surface area contributed by atoms with Gasteiger partial charge in [0.05, 0.1) is 14.2 Å². The number of benzene rings is 2. The maximum atomic E-state index is 10.8. The molecule has 1 unspecified atom stereocenters. The van der Waals surface area contributed by atoms with Crippen LogP contribution in [0, 0.1) is 0 Å². The zero-order chi connectivity index (χ0) is 20.4. The van der Waals surface area contributed by atoms with Gasteiger partial charge in [0.15, 0.2) is 11.5 Å². The zero-order valence-corrected chi connectivity index (χ0v) is 17.3. The van der Waals surface area contributed by atoms with Crippen LogP contribution in [0.4, 0.5) is 0 Å². The molecule has 0 saturated carbocycles. The second-order valence-corrected chi connectivity index (χ2v) is 7.92. The molecule has 1 fully saturated rings. The van der Waals surface area contributed by atoms with Gasteiger partial charge in [0.1, 0.15) is 11.4 Å². The monoisotopic (exact) mass is 395 g/mol.